The van der Waals surface area contributed by atoms with Crippen LogP contribution in [0.5, 0.6) is 0 Å². The fourth-order valence-corrected chi connectivity index (χ4v) is 1.75. The Morgan fingerprint density at radius 1 is 1.23 bits per heavy atom. The molecule has 0 aliphatic heterocycles. The second-order valence-electron chi connectivity index (χ2n) is 5.13. The van der Waals surface area contributed by atoms with Crippen molar-refractivity contribution in [3.05, 3.63) is 12.1 Å². The van der Waals surface area contributed by atoms with E-state index in [-0.39, 0.29) is 0 Å². The van der Waals surface area contributed by atoms with Gasteiger partial charge in [0.15, 0.2) is 0 Å². The number of hydrogen-bond acceptors (Lipinski definition) is 0. The molecule has 0 nitrogen and oxygen atoms in total. The van der Waals surface area contributed by atoms with E-state index in [1.54, 1.807) is 0 Å². The Labute approximate surface area is 85.2 Å². The molecule has 0 saturated heterocycles. The summed E-state index contributed by atoms with van der Waals surface area (Å²) in [7, 11) is 2.10. The van der Waals surface area contributed by atoms with Crippen molar-refractivity contribution < 1.29 is 0 Å². The Morgan fingerprint density at radius 3 is 2.15 bits per heavy atom. The molecule has 0 heterocycles. The van der Waals surface area contributed by atoms with E-state index in [0.717, 1.165) is 11.8 Å². The molecule has 76 valence electrons. The van der Waals surface area contributed by atoms with E-state index in [2.05, 4.69) is 54.5 Å². The van der Waals surface area contributed by atoms with E-state index in [1.165, 1.54) is 12.8 Å². The van der Waals surface area contributed by atoms with E-state index in [1.807, 2.05) is 0 Å². The lowest BCUT2D eigenvalue weighted by molar-refractivity contribution is 0.162. The van der Waals surface area contributed by atoms with Crippen LogP contribution in [0, 0.1) is 17.3 Å². The molecule has 1 unspecified atom stereocenters. The summed E-state index contributed by atoms with van der Waals surface area (Å²) in [6.45, 7) is 11.8. The highest BCUT2D eigenvalue weighted by atomic mass is 14.3. The van der Waals surface area contributed by atoms with Gasteiger partial charge < -0.3 is 0 Å². The van der Waals surface area contributed by atoms with Crippen molar-refractivity contribution in [2.24, 2.45) is 17.3 Å². The molecule has 0 fully saturated rings. The van der Waals surface area contributed by atoms with Crippen LogP contribution in [0.1, 0.15) is 47.5 Å². The summed E-state index contributed by atoms with van der Waals surface area (Å²) in [5.74, 6) is 3.74. The molecule has 0 N–H and O–H groups in total. The minimum Gasteiger partial charge on any atom is -0.128 e. The Bertz CT molecular complexity index is 157. The largest absolute Gasteiger partial charge is 0.129 e. The summed E-state index contributed by atoms with van der Waals surface area (Å²) in [5.41, 5.74) is 0.480. The Balaban J connectivity index is 4.05. The zero-order chi connectivity index (χ0) is 10.5. The predicted molar refractivity (Wildman–Crippen MR) is 64.7 cm³/mol. The average molecular weight is 180 g/mol. The third-order valence-corrected chi connectivity index (χ3v) is 3.42. The molecular weight excluding hydrogens is 155 g/mol. The van der Waals surface area contributed by atoms with Gasteiger partial charge in [-0.05, 0) is 30.1 Å². The quantitative estimate of drug-likeness (QED) is 0.570. The van der Waals surface area contributed by atoms with Crippen molar-refractivity contribution in [1.82, 2.24) is 0 Å². The van der Waals surface area contributed by atoms with Crippen molar-refractivity contribution in [2.75, 3.05) is 0 Å². The maximum atomic E-state index is 2.39. The molecule has 0 amide bonds. The maximum absolute atomic E-state index is 2.39. The predicted octanol–water partition coefficient (Wildman–Crippen LogP) is 3.23. The second-order valence-corrected chi connectivity index (χ2v) is 5.13. The highest BCUT2D eigenvalue weighted by molar-refractivity contribution is 6.16. The fourth-order valence-electron chi connectivity index (χ4n) is 1.75. The van der Waals surface area contributed by atoms with Crippen LogP contribution in [0.3, 0.4) is 0 Å². The van der Waals surface area contributed by atoms with Crippen LogP contribution in [-0.2, 0) is 0 Å². The van der Waals surface area contributed by atoms with Gasteiger partial charge in [0.1, 0.15) is 7.85 Å². The van der Waals surface area contributed by atoms with Crippen molar-refractivity contribution >= 4 is 7.85 Å². The molecule has 0 aliphatic carbocycles. The maximum Gasteiger partial charge on any atom is 0.129 e. The normalized spacial score (nSPS) is 15.5. The third-order valence-electron chi connectivity index (χ3n) is 3.42. The Hall–Kier alpha value is -0.195. The molecule has 0 rings (SSSR count). The molecule has 0 radical (unpaired) electrons. The summed E-state index contributed by atoms with van der Waals surface area (Å²) in [4.78, 5) is 0. The van der Waals surface area contributed by atoms with Gasteiger partial charge in [-0.25, -0.2) is 0 Å². The van der Waals surface area contributed by atoms with Gasteiger partial charge in [0.2, 0.25) is 0 Å². The third kappa shape index (κ3) is 4.54. The van der Waals surface area contributed by atoms with Crippen LogP contribution >= 0.6 is 0 Å². The lowest BCUT2D eigenvalue weighted by Crippen LogP contribution is -2.25. The van der Waals surface area contributed by atoms with Gasteiger partial charge in [0.25, 0.3) is 0 Å². The van der Waals surface area contributed by atoms with Crippen LogP contribution in [0.2, 0.25) is 0 Å². The first kappa shape index (κ1) is 12.8. The van der Waals surface area contributed by atoms with E-state index in [4.69, 9.17) is 0 Å². The zero-order valence-corrected chi connectivity index (χ0v) is 10.2. The first-order valence-corrected chi connectivity index (χ1v) is 5.53. The lowest BCUT2D eigenvalue weighted by Gasteiger charge is -2.34. The van der Waals surface area contributed by atoms with Gasteiger partial charge in [-0.3, -0.25) is 0 Å². The molecule has 13 heavy (non-hydrogen) atoms. The molecule has 0 aromatic rings. The Kier molecular flexibility index (Phi) is 5.43. The molecule has 0 aromatic heterocycles. The standard InChI is InChI=1S/C12H25B/c1-10(2)11(3)12(4,5)8-6-7-9-13/h7,9-11H,6,8,13H2,1-5H3. The summed E-state index contributed by atoms with van der Waals surface area (Å²) in [6.07, 6.45) is 4.80. The molecule has 0 saturated carbocycles. The molecular formula is C12H25B. The van der Waals surface area contributed by atoms with Crippen LogP contribution in [0.15, 0.2) is 12.1 Å². The molecule has 0 aromatic carbocycles. The minimum absolute atomic E-state index is 0.480. The fraction of sp³-hybridized carbons (Fsp3) is 0.833. The molecule has 1 atom stereocenters. The summed E-state index contributed by atoms with van der Waals surface area (Å²) < 4.78 is 0. The average Bonchev–Trinajstić information content (AvgIpc) is 2.03. The molecule has 0 spiro atoms. The van der Waals surface area contributed by atoms with Gasteiger partial charge in [-0.2, -0.15) is 0 Å². The van der Waals surface area contributed by atoms with Gasteiger partial charge in [0, 0.05) is 0 Å². The van der Waals surface area contributed by atoms with Crippen molar-refractivity contribution in [3.8, 4) is 0 Å². The van der Waals surface area contributed by atoms with Gasteiger partial charge >= 0.3 is 0 Å². The van der Waals surface area contributed by atoms with Crippen LogP contribution < -0.4 is 0 Å². The highest BCUT2D eigenvalue weighted by Gasteiger charge is 2.26. The van der Waals surface area contributed by atoms with Crippen molar-refractivity contribution in [1.29, 1.82) is 0 Å². The summed E-state index contributed by atoms with van der Waals surface area (Å²) in [5, 5.41) is 0. The zero-order valence-electron chi connectivity index (χ0n) is 10.2. The van der Waals surface area contributed by atoms with E-state index >= 15 is 0 Å². The first-order valence-electron chi connectivity index (χ1n) is 5.53. The summed E-state index contributed by atoms with van der Waals surface area (Å²) >= 11 is 0. The lowest BCUT2D eigenvalue weighted by atomic mass is 9.71. The number of rotatable bonds is 5. The van der Waals surface area contributed by atoms with E-state index < -0.39 is 0 Å². The first-order chi connectivity index (χ1) is 5.91. The Morgan fingerprint density at radius 2 is 1.77 bits per heavy atom. The van der Waals surface area contributed by atoms with Gasteiger partial charge in [0.05, 0.1) is 0 Å². The number of allylic oxidation sites excluding steroid dienone is 1. The van der Waals surface area contributed by atoms with Crippen LogP contribution in [0.4, 0.5) is 0 Å². The van der Waals surface area contributed by atoms with Crippen LogP contribution in [0.25, 0.3) is 0 Å². The van der Waals surface area contributed by atoms with Gasteiger partial charge in [-0.1, -0.05) is 40.7 Å². The second kappa shape index (κ2) is 5.52. The van der Waals surface area contributed by atoms with Crippen molar-refractivity contribution in [2.45, 2.75) is 47.5 Å². The summed E-state index contributed by atoms with van der Waals surface area (Å²) in [6, 6.07) is 0. The topological polar surface area (TPSA) is 0 Å². The van der Waals surface area contributed by atoms with E-state index in [0.29, 0.717) is 5.41 Å². The SMILES string of the molecule is BC=CCCC(C)(C)C(C)C(C)C. The minimum atomic E-state index is 0.480. The van der Waals surface area contributed by atoms with Crippen LogP contribution in [-0.4, -0.2) is 7.85 Å². The molecule has 0 bridgehead atoms. The van der Waals surface area contributed by atoms with Crippen molar-refractivity contribution in [3.63, 3.8) is 0 Å². The van der Waals surface area contributed by atoms with E-state index in [9.17, 15) is 0 Å². The van der Waals surface area contributed by atoms with Gasteiger partial charge in [-0.15, -0.1) is 5.98 Å². The highest BCUT2D eigenvalue weighted by Crippen LogP contribution is 2.36. The molecule has 1 heteroatoms. The molecule has 0 aliphatic rings. The number of hydrogen-bond donors (Lipinski definition) is 0. The smallest absolute Gasteiger partial charge is 0.128 e. The monoisotopic (exact) mass is 180 g/mol.